The van der Waals surface area contributed by atoms with Gasteiger partial charge in [-0.25, -0.2) is 0 Å². The van der Waals surface area contributed by atoms with E-state index in [1.807, 2.05) is 0 Å². The van der Waals surface area contributed by atoms with Crippen molar-refractivity contribution in [1.29, 1.82) is 0 Å². The van der Waals surface area contributed by atoms with E-state index in [-0.39, 0.29) is 0 Å². The van der Waals surface area contributed by atoms with Crippen LogP contribution in [0.2, 0.25) is 0 Å². The number of aliphatic hydroxyl groups is 1. The highest BCUT2D eigenvalue weighted by atomic mass is 16.2. The number of nitrogens with zero attached hydrogens (tertiary/aromatic N) is 1. The van der Waals surface area contributed by atoms with Crippen molar-refractivity contribution in [2.75, 3.05) is 26.2 Å². The lowest BCUT2D eigenvalue weighted by Gasteiger charge is -2.31. The van der Waals surface area contributed by atoms with Crippen LogP contribution in [0.4, 0.5) is 0 Å². The van der Waals surface area contributed by atoms with Crippen molar-refractivity contribution in [2.24, 2.45) is 5.73 Å². The Hall–Kier alpha value is -0.120. The van der Waals surface area contributed by atoms with E-state index in [1.54, 1.807) is 0 Å². The number of rotatable bonds is 8. The van der Waals surface area contributed by atoms with Crippen molar-refractivity contribution >= 4 is 0 Å². The summed E-state index contributed by atoms with van der Waals surface area (Å²) in [7, 11) is 0. The molecule has 102 valence electrons. The average Bonchev–Trinajstić information content (AvgIpc) is 2.62. The molecule has 0 unspecified atom stereocenters. The predicted octanol–water partition coefficient (Wildman–Crippen LogP) is 2.13. The van der Waals surface area contributed by atoms with Gasteiger partial charge in [-0.1, -0.05) is 25.7 Å². The normalized spacial score (nSPS) is 18.5. The van der Waals surface area contributed by atoms with Crippen LogP contribution in [0.3, 0.4) is 0 Å². The van der Waals surface area contributed by atoms with Gasteiger partial charge in [0.1, 0.15) is 0 Å². The summed E-state index contributed by atoms with van der Waals surface area (Å²) in [5, 5.41) is 8.87. The maximum atomic E-state index is 8.87. The summed E-state index contributed by atoms with van der Waals surface area (Å²) in [5.41, 5.74) is 5.63. The predicted molar refractivity (Wildman–Crippen MR) is 73.1 cm³/mol. The van der Waals surface area contributed by atoms with Crippen molar-refractivity contribution in [3.63, 3.8) is 0 Å². The summed E-state index contributed by atoms with van der Waals surface area (Å²) in [6.45, 7) is 3.41. The van der Waals surface area contributed by atoms with Crippen molar-refractivity contribution in [3.8, 4) is 0 Å². The first kappa shape index (κ1) is 14.9. The molecule has 3 N–H and O–H groups in total. The molecule has 0 radical (unpaired) electrons. The number of aliphatic hydroxyl groups excluding tert-OH is 1. The fourth-order valence-corrected chi connectivity index (χ4v) is 2.82. The third-order valence-corrected chi connectivity index (χ3v) is 3.84. The standard InChI is InChI=1S/C14H30N2O/c15-10-7-12-16(11-5-6-13-17)14-8-3-1-2-4-9-14/h14,17H,1-13,15H2. The van der Waals surface area contributed by atoms with Gasteiger partial charge >= 0.3 is 0 Å². The highest BCUT2D eigenvalue weighted by molar-refractivity contribution is 4.75. The van der Waals surface area contributed by atoms with Crippen LogP contribution in [-0.4, -0.2) is 42.3 Å². The number of unbranched alkanes of at least 4 members (excludes halogenated alkanes) is 1. The summed E-state index contributed by atoms with van der Waals surface area (Å²) in [6, 6.07) is 0.780. The molecule has 17 heavy (non-hydrogen) atoms. The summed E-state index contributed by atoms with van der Waals surface area (Å²) in [5.74, 6) is 0. The molecule has 0 aromatic carbocycles. The number of hydrogen-bond acceptors (Lipinski definition) is 3. The second-order valence-electron chi connectivity index (χ2n) is 5.25. The molecule has 0 aliphatic heterocycles. The lowest BCUT2D eigenvalue weighted by Crippen LogP contribution is -2.37. The maximum Gasteiger partial charge on any atom is 0.0431 e. The van der Waals surface area contributed by atoms with E-state index in [0.717, 1.165) is 44.9 Å². The Labute approximate surface area is 106 Å². The Kier molecular flexibility index (Phi) is 8.67. The van der Waals surface area contributed by atoms with E-state index in [0.29, 0.717) is 6.61 Å². The molecule has 0 aromatic rings. The van der Waals surface area contributed by atoms with Crippen LogP contribution in [0, 0.1) is 0 Å². The quantitative estimate of drug-likeness (QED) is 0.506. The Morgan fingerprint density at radius 3 is 2.18 bits per heavy atom. The van der Waals surface area contributed by atoms with Gasteiger partial charge < -0.3 is 15.7 Å². The average molecular weight is 242 g/mol. The van der Waals surface area contributed by atoms with Crippen molar-refractivity contribution in [1.82, 2.24) is 4.90 Å². The minimum atomic E-state index is 0.329. The topological polar surface area (TPSA) is 49.5 Å². The third-order valence-electron chi connectivity index (χ3n) is 3.84. The Morgan fingerprint density at radius 2 is 1.59 bits per heavy atom. The largest absolute Gasteiger partial charge is 0.396 e. The van der Waals surface area contributed by atoms with Gasteiger partial charge in [0.2, 0.25) is 0 Å². The molecule has 0 bridgehead atoms. The molecule has 0 amide bonds. The SMILES string of the molecule is NCCCN(CCCCO)C1CCCCCC1. The number of hydrogen-bond donors (Lipinski definition) is 2. The Bertz CT molecular complexity index is 168. The molecule has 1 fully saturated rings. The highest BCUT2D eigenvalue weighted by Gasteiger charge is 2.18. The molecule has 1 aliphatic carbocycles. The van der Waals surface area contributed by atoms with Crippen LogP contribution >= 0.6 is 0 Å². The fraction of sp³-hybridized carbons (Fsp3) is 1.00. The van der Waals surface area contributed by atoms with E-state index in [2.05, 4.69) is 4.90 Å². The van der Waals surface area contributed by atoms with Crippen LogP contribution in [0.1, 0.15) is 57.8 Å². The molecule has 3 nitrogen and oxygen atoms in total. The van der Waals surface area contributed by atoms with Gasteiger partial charge in [0.25, 0.3) is 0 Å². The molecular formula is C14H30N2O. The number of nitrogens with two attached hydrogens (primary N) is 1. The zero-order valence-corrected chi connectivity index (χ0v) is 11.2. The van der Waals surface area contributed by atoms with Crippen LogP contribution in [0.15, 0.2) is 0 Å². The Balaban J connectivity index is 2.35. The summed E-state index contributed by atoms with van der Waals surface area (Å²) in [6.07, 6.45) is 11.5. The van der Waals surface area contributed by atoms with Crippen LogP contribution in [0.5, 0.6) is 0 Å². The van der Waals surface area contributed by atoms with Gasteiger partial charge in [0.15, 0.2) is 0 Å². The fourth-order valence-electron chi connectivity index (χ4n) is 2.82. The lowest BCUT2D eigenvalue weighted by molar-refractivity contribution is 0.168. The second kappa shape index (κ2) is 9.86. The molecule has 0 aromatic heterocycles. The molecule has 0 saturated heterocycles. The molecule has 0 atom stereocenters. The summed E-state index contributed by atoms with van der Waals surface area (Å²) < 4.78 is 0. The molecule has 0 heterocycles. The van der Waals surface area contributed by atoms with Gasteiger partial charge in [0.05, 0.1) is 0 Å². The van der Waals surface area contributed by atoms with Crippen LogP contribution in [-0.2, 0) is 0 Å². The molecule has 0 spiro atoms. The van der Waals surface area contributed by atoms with Gasteiger partial charge in [0, 0.05) is 12.6 Å². The third kappa shape index (κ3) is 6.39. The first-order chi connectivity index (χ1) is 8.38. The van der Waals surface area contributed by atoms with Crippen LogP contribution in [0.25, 0.3) is 0 Å². The van der Waals surface area contributed by atoms with Crippen LogP contribution < -0.4 is 5.73 Å². The van der Waals surface area contributed by atoms with E-state index >= 15 is 0 Å². The van der Waals surface area contributed by atoms with Gasteiger partial charge in [-0.2, -0.15) is 0 Å². The van der Waals surface area contributed by atoms with Gasteiger partial charge in [-0.05, 0) is 51.7 Å². The van der Waals surface area contributed by atoms with Crippen molar-refractivity contribution in [2.45, 2.75) is 63.8 Å². The second-order valence-corrected chi connectivity index (χ2v) is 5.25. The maximum absolute atomic E-state index is 8.87. The Morgan fingerprint density at radius 1 is 0.941 bits per heavy atom. The van der Waals surface area contributed by atoms with Crippen molar-refractivity contribution in [3.05, 3.63) is 0 Å². The first-order valence-electron chi connectivity index (χ1n) is 7.43. The zero-order chi connectivity index (χ0) is 12.3. The first-order valence-corrected chi connectivity index (χ1v) is 7.43. The molecule has 1 rings (SSSR count). The molecular weight excluding hydrogens is 212 g/mol. The van der Waals surface area contributed by atoms with E-state index in [1.165, 1.54) is 38.5 Å². The minimum absolute atomic E-state index is 0.329. The molecule has 1 aliphatic rings. The highest BCUT2D eigenvalue weighted by Crippen LogP contribution is 2.22. The molecule has 1 saturated carbocycles. The van der Waals surface area contributed by atoms with E-state index in [4.69, 9.17) is 10.8 Å². The minimum Gasteiger partial charge on any atom is -0.396 e. The zero-order valence-electron chi connectivity index (χ0n) is 11.2. The lowest BCUT2D eigenvalue weighted by atomic mass is 10.1. The smallest absolute Gasteiger partial charge is 0.0431 e. The summed E-state index contributed by atoms with van der Waals surface area (Å²) >= 11 is 0. The van der Waals surface area contributed by atoms with E-state index in [9.17, 15) is 0 Å². The molecule has 3 heteroatoms. The summed E-state index contributed by atoms with van der Waals surface area (Å²) in [4.78, 5) is 2.63. The van der Waals surface area contributed by atoms with Gasteiger partial charge in [-0.15, -0.1) is 0 Å². The van der Waals surface area contributed by atoms with Crippen molar-refractivity contribution < 1.29 is 5.11 Å². The van der Waals surface area contributed by atoms with E-state index < -0.39 is 0 Å². The monoisotopic (exact) mass is 242 g/mol. The van der Waals surface area contributed by atoms with Gasteiger partial charge in [-0.3, -0.25) is 0 Å².